The highest BCUT2D eigenvalue weighted by Gasteiger charge is 2.21. The molecule has 9 heterocycles. The molecular formula is C113H86F3N23O4. The number of hydrogen-bond donors (Lipinski definition) is 9. The largest absolute Gasteiger partial charge is 0.497 e. The van der Waals surface area contributed by atoms with Gasteiger partial charge < -0.3 is 58.2 Å². The summed E-state index contributed by atoms with van der Waals surface area (Å²) < 4.78 is 53.5. The molecule has 0 radical (unpaired) electrons. The number of nitrogen functional groups attached to an aromatic ring is 2. The number of hydrogen-bond acceptors (Lipinski definition) is 25. The number of carbonyl (C=O) groups is 2. The molecule has 27 nitrogen and oxygen atoms in total. The molecule has 143 heavy (non-hydrogen) atoms. The van der Waals surface area contributed by atoms with Crippen molar-refractivity contribution in [2.75, 3.05) is 62.9 Å². The van der Waals surface area contributed by atoms with Gasteiger partial charge in [-0.15, -0.1) is 0 Å². The zero-order chi connectivity index (χ0) is 98.2. The van der Waals surface area contributed by atoms with Gasteiger partial charge in [-0.3, -0.25) is 29.5 Å². The lowest BCUT2D eigenvalue weighted by atomic mass is 10.1. The van der Waals surface area contributed by atoms with Crippen molar-refractivity contribution in [3.05, 3.63) is 442 Å². The molecule has 22 aromatic rings. The zero-order valence-electron chi connectivity index (χ0n) is 76.6. The third kappa shape index (κ3) is 23.6. The van der Waals surface area contributed by atoms with Gasteiger partial charge in [0.2, 0.25) is 0 Å². The first-order valence-electron chi connectivity index (χ1n) is 44.9. The fourth-order valence-corrected chi connectivity index (χ4v) is 15.0. The smallest absolute Gasteiger partial charge is 0.255 e. The Morgan fingerprint density at radius 2 is 0.650 bits per heavy atom. The van der Waals surface area contributed by atoms with Crippen molar-refractivity contribution in [1.29, 1.82) is 0 Å². The minimum absolute atomic E-state index is 0.250. The summed E-state index contributed by atoms with van der Waals surface area (Å²) in [5.74, 6) is 4.88. The maximum atomic E-state index is 14.5. The lowest BCUT2D eigenvalue weighted by Crippen LogP contribution is -2.12. The van der Waals surface area contributed by atoms with Gasteiger partial charge in [-0.2, -0.15) is 0 Å². The Bertz CT molecular complexity index is 8240. The molecule has 11 N–H and O–H groups in total. The van der Waals surface area contributed by atoms with E-state index in [0.717, 1.165) is 89.8 Å². The van der Waals surface area contributed by atoms with E-state index in [4.69, 9.17) is 40.9 Å². The third-order valence-corrected chi connectivity index (χ3v) is 22.1. The van der Waals surface area contributed by atoms with Crippen LogP contribution in [0.25, 0.3) is 111 Å². The molecule has 9 aromatic heterocycles. The molecule has 2 amide bonds. The molecule has 0 unspecified atom stereocenters. The second-order valence-corrected chi connectivity index (χ2v) is 31.8. The van der Waals surface area contributed by atoms with Crippen LogP contribution < -0.4 is 58.2 Å². The van der Waals surface area contributed by atoms with Crippen molar-refractivity contribution < 1.29 is 32.2 Å². The second-order valence-electron chi connectivity index (χ2n) is 31.8. The van der Waals surface area contributed by atoms with Crippen LogP contribution in [0.3, 0.4) is 0 Å². The van der Waals surface area contributed by atoms with Crippen LogP contribution >= 0.6 is 0 Å². The molecule has 0 atom stereocenters. The van der Waals surface area contributed by atoms with Gasteiger partial charge in [-0.05, 0) is 230 Å². The highest BCUT2D eigenvalue weighted by molar-refractivity contribution is 6.08. The summed E-state index contributed by atoms with van der Waals surface area (Å²) in [7, 11) is 3.12. The number of ether oxygens (including phenoxy) is 2. The minimum Gasteiger partial charge on any atom is -0.497 e. The van der Waals surface area contributed by atoms with Crippen LogP contribution in [0.4, 0.5) is 87.8 Å². The summed E-state index contributed by atoms with van der Waals surface area (Å²) >= 11 is 0. The normalized spacial score (nSPS) is 10.7. The van der Waals surface area contributed by atoms with Crippen LogP contribution in [0.2, 0.25) is 0 Å². The van der Waals surface area contributed by atoms with Gasteiger partial charge in [0.15, 0.2) is 29.1 Å². The number of benzene rings is 13. The highest BCUT2D eigenvalue weighted by atomic mass is 19.1. The fraction of sp³-hybridized carbons (Fsp3) is 0.0265. The van der Waals surface area contributed by atoms with Crippen LogP contribution in [0.5, 0.6) is 11.5 Å². The third-order valence-electron chi connectivity index (χ3n) is 22.1. The van der Waals surface area contributed by atoms with Gasteiger partial charge >= 0.3 is 0 Å². The van der Waals surface area contributed by atoms with E-state index in [1.807, 2.05) is 164 Å². The molecule has 0 fully saturated rings. The summed E-state index contributed by atoms with van der Waals surface area (Å²) in [6, 6.07) is 107. The minimum atomic E-state index is -0.413. The predicted octanol–water partition coefficient (Wildman–Crippen LogP) is 24.8. The SMILES string of the molecule is COc1ccc(C(=O)Nc2ccc3nc(-c4ccccc4F)nc(Nc4ccncc4)c3c2)cc1.COc1cccc(C(=O)Nc2ccc3nc(-c4ccccc4F)nc(Nc4ccncc4)c3c2)c1.Nc1ccc(Nc2nc(-c3ccccc3)nc3ccccc23)cc1.Nc1ccc2nc(-c3ccccc3F)nc(Nc3ccncc3)c2c1.c1ccc(-c2nc(NCc3cccnc3)c3ccccc3n2)cc1. The number of rotatable bonds is 22. The number of amides is 2. The van der Waals surface area contributed by atoms with Gasteiger partial charge in [-0.25, -0.2) is 63.0 Å². The van der Waals surface area contributed by atoms with Crippen molar-refractivity contribution in [2.24, 2.45) is 0 Å². The number of carbonyl (C=O) groups excluding carboxylic acids is 2. The lowest BCUT2D eigenvalue weighted by molar-refractivity contribution is 0.101. The van der Waals surface area contributed by atoms with Crippen LogP contribution in [0.15, 0.2) is 407 Å². The number of halogens is 3. The number of methoxy groups -OCH3 is 2. The van der Waals surface area contributed by atoms with Crippen molar-refractivity contribution in [3.8, 4) is 68.4 Å². The number of fused-ring (bicyclic) bond motifs is 5. The first-order chi connectivity index (χ1) is 70.1. The van der Waals surface area contributed by atoms with Crippen LogP contribution in [-0.4, -0.2) is 95.8 Å². The van der Waals surface area contributed by atoms with Crippen molar-refractivity contribution in [1.82, 2.24) is 69.8 Å². The molecule has 0 aliphatic carbocycles. The van der Waals surface area contributed by atoms with E-state index in [9.17, 15) is 22.8 Å². The topological polar surface area (TPSA) is 369 Å². The van der Waals surface area contributed by atoms with Gasteiger partial charge in [0, 0.05) is 151 Å². The van der Waals surface area contributed by atoms with E-state index in [1.54, 1.807) is 240 Å². The molecule has 22 rings (SSSR count). The van der Waals surface area contributed by atoms with Gasteiger partial charge in [0.25, 0.3) is 11.8 Å². The molecule has 0 aliphatic rings. The molecule has 0 spiro atoms. The maximum Gasteiger partial charge on any atom is 0.255 e. The number of aromatic nitrogens is 14. The van der Waals surface area contributed by atoms with Gasteiger partial charge in [0.05, 0.1) is 58.5 Å². The zero-order valence-corrected chi connectivity index (χ0v) is 76.6. The maximum absolute atomic E-state index is 14.5. The van der Waals surface area contributed by atoms with Crippen molar-refractivity contribution >= 4 is 141 Å². The Morgan fingerprint density at radius 3 is 1.10 bits per heavy atom. The van der Waals surface area contributed by atoms with Gasteiger partial charge in [-0.1, -0.05) is 133 Å². The molecule has 0 bridgehead atoms. The molecule has 0 aliphatic heterocycles. The Morgan fingerprint density at radius 1 is 0.280 bits per heavy atom. The van der Waals surface area contributed by atoms with E-state index in [1.165, 1.54) is 18.2 Å². The molecule has 0 saturated heterocycles. The Labute approximate surface area is 817 Å². The highest BCUT2D eigenvalue weighted by Crippen LogP contribution is 2.37. The van der Waals surface area contributed by atoms with E-state index in [0.29, 0.717) is 119 Å². The van der Waals surface area contributed by atoms with E-state index in [2.05, 4.69) is 87.1 Å². The van der Waals surface area contributed by atoms with E-state index in [-0.39, 0.29) is 29.3 Å². The number of nitrogens with zero attached hydrogens (tertiary/aromatic N) is 14. The van der Waals surface area contributed by atoms with E-state index < -0.39 is 11.6 Å². The average Bonchev–Trinajstić information content (AvgIpc) is 0.767. The summed E-state index contributed by atoms with van der Waals surface area (Å²) in [6.07, 6.45) is 13.6. The Hall–Kier alpha value is -19.9. The first-order valence-corrected chi connectivity index (χ1v) is 44.9. The van der Waals surface area contributed by atoms with Gasteiger partial charge in [0.1, 0.15) is 58.0 Å². The summed E-state index contributed by atoms with van der Waals surface area (Å²) in [4.78, 5) is 88.1. The number of nitrogens with one attached hydrogen (secondary N) is 7. The van der Waals surface area contributed by atoms with Crippen molar-refractivity contribution in [2.45, 2.75) is 6.54 Å². The standard InChI is InChI=1S/2C27H20FN5O2.2C20H16N4.C19H14FN5/c1-35-20-6-4-5-17(15-20)27(34)31-19-9-10-24-22(16-19)26(30-18-11-13-29-14-12-18)33-25(32-24)21-7-2-3-8-23(21)28;1-35-20-9-6-17(7-10-20)27(34)31-19-8-11-24-22(16-19)26(30-18-12-14-29-15-13-18)33-25(32-24)21-4-2-3-5-23(21)28;1-2-8-16(9-3-1)19-23-18-11-5-4-10-17(18)20(24-19)22-14-15-7-6-12-21-13-15;21-15-10-12-16(13-11-15)22-20-17-8-4-5-9-18(17)23-19(24-20)14-6-2-1-3-7-14;20-16-4-2-1-3-14(16)18-24-17-6-5-12(21)11-15(17)19(25-18)23-13-7-9-22-10-8-13/h2*2-16H,1H3,(H,31,34)(H,29,30,32,33);1-13H,14H2,(H,22,23,24);1-13H,21H2,(H,22,23,24);1-11H,21H2,(H,22,23,24,25). The van der Waals surface area contributed by atoms with E-state index >= 15 is 0 Å². The number of pyridine rings is 4. The molecule has 0 saturated carbocycles. The monoisotopic (exact) mass is 1890 g/mol. The fourth-order valence-electron chi connectivity index (χ4n) is 15.0. The average molecular weight is 1890 g/mol. The predicted molar refractivity (Wildman–Crippen MR) is 559 cm³/mol. The quantitative estimate of drug-likeness (QED) is 0.0285. The molecule has 698 valence electrons. The summed E-state index contributed by atoms with van der Waals surface area (Å²) in [5.41, 5.74) is 26.1. The Balaban J connectivity index is 0.000000119. The van der Waals surface area contributed by atoms with Crippen LogP contribution in [0.1, 0.15) is 26.3 Å². The molecule has 30 heteroatoms. The lowest BCUT2D eigenvalue weighted by Gasteiger charge is -2.13. The Kier molecular flexibility index (Phi) is 29.2. The first kappa shape index (κ1) is 93.5. The number of para-hydroxylation sites is 2. The number of anilines is 13. The summed E-state index contributed by atoms with van der Waals surface area (Å²) in [6.45, 7) is 0.670. The van der Waals surface area contributed by atoms with Crippen LogP contribution in [-0.2, 0) is 6.54 Å². The summed E-state index contributed by atoms with van der Waals surface area (Å²) in [5, 5.41) is 26.4. The van der Waals surface area contributed by atoms with Crippen LogP contribution in [0, 0.1) is 17.5 Å². The van der Waals surface area contributed by atoms with Crippen molar-refractivity contribution in [3.63, 3.8) is 0 Å². The second kappa shape index (κ2) is 44.7. The molecular weight excluding hydrogens is 1800 g/mol. The number of nitrogens with two attached hydrogens (primary N) is 2. The molecule has 13 aromatic carbocycles.